The Hall–Kier alpha value is -2.29. The maximum atomic E-state index is 12.1. The van der Waals surface area contributed by atoms with Gasteiger partial charge in [-0.05, 0) is 43.4 Å². The van der Waals surface area contributed by atoms with Gasteiger partial charge >= 0.3 is 6.03 Å². The lowest BCUT2D eigenvalue weighted by Gasteiger charge is -2.16. The minimum Gasteiger partial charge on any atom is -0.352 e. The van der Waals surface area contributed by atoms with Crippen LogP contribution in [0, 0.1) is 0 Å². The fourth-order valence-corrected chi connectivity index (χ4v) is 5.69. The number of fused-ring (bicyclic) bond motifs is 1. The Kier molecular flexibility index (Phi) is 7.09. The van der Waals surface area contributed by atoms with Crippen LogP contribution in [0.1, 0.15) is 44.1 Å². The monoisotopic (exact) mass is 430 g/mol. The topological polar surface area (TPSA) is 98.2 Å². The Morgan fingerprint density at radius 1 is 1.17 bits per heavy atom. The molecule has 4 rings (SSSR count). The number of carbonyl (C=O) groups excluding carboxylic acids is 2. The third-order valence-electron chi connectivity index (χ3n) is 5.88. The van der Waals surface area contributed by atoms with E-state index in [2.05, 4.69) is 26.3 Å². The van der Waals surface area contributed by atoms with Crippen molar-refractivity contribution in [1.29, 1.82) is 0 Å². The molecule has 3 N–H and O–H groups in total. The number of benzene rings is 1. The molecule has 0 bridgehead atoms. The highest BCUT2D eigenvalue weighted by Gasteiger charge is 2.42. The summed E-state index contributed by atoms with van der Waals surface area (Å²) in [6.07, 6.45) is 5.83. The molecule has 3 amide bonds. The molecule has 0 aromatic heterocycles. The minimum atomic E-state index is -0.0441. The van der Waals surface area contributed by atoms with E-state index < -0.39 is 0 Å². The summed E-state index contributed by atoms with van der Waals surface area (Å²) >= 11 is 1.92. The largest absolute Gasteiger partial charge is 0.352 e. The lowest BCUT2D eigenvalue weighted by Crippen LogP contribution is -2.36. The maximum absolute atomic E-state index is 12.1. The van der Waals surface area contributed by atoms with Crippen LogP contribution in [0.3, 0.4) is 0 Å². The number of amides is 3. The highest BCUT2D eigenvalue weighted by atomic mass is 32.2. The van der Waals surface area contributed by atoms with E-state index in [-0.39, 0.29) is 24.0 Å². The van der Waals surface area contributed by atoms with Gasteiger partial charge in [0.05, 0.1) is 17.8 Å². The van der Waals surface area contributed by atoms with E-state index in [0.717, 1.165) is 49.4 Å². The number of urea groups is 1. The fraction of sp³-hybridized carbons (Fsp3) is 0.619. The molecule has 30 heavy (non-hydrogen) atoms. The molecule has 8 nitrogen and oxygen atoms in total. The number of carbonyl (C=O) groups is 2. The van der Waals surface area contributed by atoms with E-state index in [1.165, 1.54) is 12.8 Å². The predicted molar refractivity (Wildman–Crippen MR) is 118 cm³/mol. The zero-order chi connectivity index (χ0) is 20.8. The molecule has 0 aliphatic carbocycles. The molecule has 162 valence electrons. The molecule has 3 atom stereocenters. The van der Waals surface area contributed by atoms with E-state index in [9.17, 15) is 9.59 Å². The van der Waals surface area contributed by atoms with Crippen molar-refractivity contribution in [2.75, 3.05) is 18.8 Å². The molecule has 9 heteroatoms. The average Bonchev–Trinajstić information content (AvgIpc) is 3.47. The lowest BCUT2D eigenvalue weighted by atomic mass is 10.0. The summed E-state index contributed by atoms with van der Waals surface area (Å²) in [5, 5.41) is 19.9. The van der Waals surface area contributed by atoms with Gasteiger partial charge in [0.15, 0.2) is 0 Å². The second-order valence-corrected chi connectivity index (χ2v) is 9.43. The van der Waals surface area contributed by atoms with Crippen molar-refractivity contribution < 1.29 is 9.59 Å². The first-order chi connectivity index (χ1) is 14.7. The molecular weight excluding hydrogens is 400 g/mol. The number of rotatable bonds is 9. The predicted octanol–water partition coefficient (Wildman–Crippen LogP) is 3.12. The first-order valence-corrected chi connectivity index (χ1v) is 11.9. The van der Waals surface area contributed by atoms with Crippen LogP contribution in [-0.2, 0) is 11.3 Å². The Morgan fingerprint density at radius 2 is 1.97 bits per heavy atom. The van der Waals surface area contributed by atoms with Gasteiger partial charge in [0.25, 0.3) is 0 Å². The van der Waals surface area contributed by atoms with Crippen molar-refractivity contribution in [2.45, 2.75) is 62.4 Å². The van der Waals surface area contributed by atoms with E-state index in [4.69, 9.17) is 0 Å². The summed E-state index contributed by atoms with van der Waals surface area (Å²) in [5.74, 6) is 1.06. The van der Waals surface area contributed by atoms with Crippen molar-refractivity contribution in [3.05, 3.63) is 29.8 Å². The highest BCUT2D eigenvalue weighted by Crippen LogP contribution is 2.33. The van der Waals surface area contributed by atoms with Gasteiger partial charge in [0.2, 0.25) is 5.91 Å². The van der Waals surface area contributed by atoms with Crippen LogP contribution >= 0.6 is 11.8 Å². The molecule has 3 saturated heterocycles. The van der Waals surface area contributed by atoms with Crippen LogP contribution in [-0.4, -0.2) is 53.1 Å². The SMILES string of the molecule is O=C(CCCC[C@@H]1SC[C@@H]2NC(=O)N[C@@H]21)NCc1ccc(N=NN2CCCC2)cc1. The van der Waals surface area contributed by atoms with E-state index >= 15 is 0 Å². The molecular formula is C21H30N6O2S. The molecule has 3 aliphatic heterocycles. The van der Waals surface area contributed by atoms with E-state index in [1.54, 1.807) is 0 Å². The van der Waals surface area contributed by atoms with Crippen LogP contribution in [0.5, 0.6) is 0 Å². The van der Waals surface area contributed by atoms with Crippen molar-refractivity contribution in [3.63, 3.8) is 0 Å². The summed E-state index contributed by atoms with van der Waals surface area (Å²) in [4.78, 5) is 23.6. The number of nitrogens with one attached hydrogen (secondary N) is 3. The molecule has 0 spiro atoms. The summed E-state index contributed by atoms with van der Waals surface area (Å²) in [5.41, 5.74) is 1.89. The number of thioether (sulfide) groups is 1. The first kappa shape index (κ1) is 21.0. The van der Waals surface area contributed by atoms with Crippen molar-refractivity contribution in [1.82, 2.24) is 21.0 Å². The molecule has 1 aromatic carbocycles. The number of hydrogen-bond acceptors (Lipinski definition) is 5. The Labute approximate surface area is 181 Å². The molecule has 1 aromatic rings. The maximum Gasteiger partial charge on any atom is 0.315 e. The summed E-state index contributed by atoms with van der Waals surface area (Å²) in [6.45, 7) is 2.51. The number of hydrogen-bond donors (Lipinski definition) is 3. The smallest absolute Gasteiger partial charge is 0.315 e. The van der Waals surface area contributed by atoms with Crippen LogP contribution in [0.4, 0.5) is 10.5 Å². The van der Waals surface area contributed by atoms with Gasteiger partial charge in [-0.2, -0.15) is 11.8 Å². The van der Waals surface area contributed by atoms with Crippen LogP contribution in [0.25, 0.3) is 0 Å². The Balaban J connectivity index is 1.10. The molecule has 0 saturated carbocycles. The van der Waals surface area contributed by atoms with Gasteiger partial charge in [-0.25, -0.2) is 4.79 Å². The van der Waals surface area contributed by atoms with Gasteiger partial charge in [-0.3, -0.25) is 9.80 Å². The van der Waals surface area contributed by atoms with E-state index in [0.29, 0.717) is 18.2 Å². The van der Waals surface area contributed by atoms with Crippen LogP contribution < -0.4 is 16.0 Å². The van der Waals surface area contributed by atoms with Crippen molar-refractivity contribution in [3.8, 4) is 0 Å². The molecule has 3 aliphatic rings. The third kappa shape index (κ3) is 5.65. The second-order valence-electron chi connectivity index (χ2n) is 8.16. The molecule has 3 fully saturated rings. The Morgan fingerprint density at radius 3 is 2.77 bits per heavy atom. The fourth-order valence-electron chi connectivity index (χ4n) is 4.15. The van der Waals surface area contributed by atoms with Gasteiger partial charge in [0.1, 0.15) is 0 Å². The van der Waals surface area contributed by atoms with Gasteiger partial charge in [0, 0.05) is 37.1 Å². The average molecular weight is 431 g/mol. The van der Waals surface area contributed by atoms with Crippen molar-refractivity contribution >= 4 is 29.4 Å². The summed E-state index contributed by atoms with van der Waals surface area (Å²) < 4.78 is 0. The van der Waals surface area contributed by atoms with Crippen molar-refractivity contribution in [2.24, 2.45) is 10.3 Å². The molecule has 0 radical (unpaired) electrons. The summed E-state index contributed by atoms with van der Waals surface area (Å²) in [7, 11) is 0. The normalized spacial score (nSPS) is 25.4. The number of nitrogens with zero attached hydrogens (tertiary/aromatic N) is 3. The molecule has 0 unspecified atom stereocenters. The van der Waals surface area contributed by atoms with Gasteiger partial charge in [-0.1, -0.05) is 23.8 Å². The Bertz CT molecular complexity index is 765. The van der Waals surface area contributed by atoms with Gasteiger partial charge < -0.3 is 16.0 Å². The van der Waals surface area contributed by atoms with Gasteiger partial charge in [-0.15, -0.1) is 5.11 Å². The lowest BCUT2D eigenvalue weighted by molar-refractivity contribution is -0.121. The zero-order valence-electron chi connectivity index (χ0n) is 17.2. The second kappa shape index (κ2) is 10.1. The standard InChI is InChI=1S/C21H30N6O2S/c28-19(6-2-1-5-18-20-17(14-30-18)23-21(29)24-20)22-13-15-7-9-16(10-8-15)25-26-27-11-3-4-12-27/h7-10,17-18,20H,1-6,11-14H2,(H,22,28)(H2,23,24,29)/t17-,18-,20-/m0/s1. The molecule has 3 heterocycles. The van der Waals surface area contributed by atoms with Crippen LogP contribution in [0.15, 0.2) is 34.6 Å². The zero-order valence-corrected chi connectivity index (χ0v) is 18.0. The first-order valence-electron chi connectivity index (χ1n) is 10.9. The minimum absolute atomic E-state index is 0.0441. The number of unbranched alkanes of at least 4 members (excludes halogenated alkanes) is 1. The highest BCUT2D eigenvalue weighted by molar-refractivity contribution is 8.00. The third-order valence-corrected chi connectivity index (χ3v) is 7.38. The quantitative estimate of drug-likeness (QED) is 0.318. The van der Waals surface area contributed by atoms with E-state index in [1.807, 2.05) is 41.0 Å². The summed E-state index contributed by atoms with van der Waals surface area (Å²) in [6, 6.07) is 8.30. The van der Waals surface area contributed by atoms with Crippen LogP contribution in [0.2, 0.25) is 0 Å².